The molecule has 7 heteroatoms. The van der Waals surface area contributed by atoms with Crippen molar-refractivity contribution in [1.29, 1.82) is 0 Å². The van der Waals surface area contributed by atoms with E-state index in [-0.39, 0.29) is 11.6 Å². The van der Waals surface area contributed by atoms with Crippen molar-refractivity contribution < 1.29 is 19.1 Å². The number of ether oxygens (including phenoxy) is 3. The van der Waals surface area contributed by atoms with Crippen LogP contribution in [-0.4, -0.2) is 17.0 Å². The molecule has 0 unspecified atom stereocenters. The van der Waals surface area contributed by atoms with Gasteiger partial charge in [0.1, 0.15) is 23.9 Å². The van der Waals surface area contributed by atoms with Crippen molar-refractivity contribution in [2.24, 2.45) is 0 Å². The summed E-state index contributed by atoms with van der Waals surface area (Å²) in [4.78, 5) is 14.4. The molecular formula is C19H16N2O5. The Balaban J connectivity index is 1.67. The number of hydrogen-bond donors (Lipinski definition) is 0. The van der Waals surface area contributed by atoms with Crippen LogP contribution in [0.1, 0.15) is 5.56 Å². The van der Waals surface area contributed by atoms with E-state index in [0.29, 0.717) is 18.1 Å². The Morgan fingerprint density at radius 1 is 1.00 bits per heavy atom. The predicted octanol–water partition coefficient (Wildman–Crippen LogP) is 4.37. The molecule has 7 nitrogen and oxygen atoms in total. The van der Waals surface area contributed by atoms with Crippen LogP contribution in [0.2, 0.25) is 0 Å². The minimum Gasteiger partial charge on any atom is -0.496 e. The first-order valence-corrected chi connectivity index (χ1v) is 7.79. The summed E-state index contributed by atoms with van der Waals surface area (Å²) in [5, 5.41) is 11.0. The van der Waals surface area contributed by atoms with Crippen molar-refractivity contribution in [2.75, 3.05) is 7.11 Å². The Morgan fingerprint density at radius 2 is 1.73 bits per heavy atom. The molecule has 0 fully saturated rings. The summed E-state index contributed by atoms with van der Waals surface area (Å²) in [6.07, 6.45) is 1.44. The molecular weight excluding hydrogens is 336 g/mol. The van der Waals surface area contributed by atoms with Gasteiger partial charge in [-0.15, -0.1) is 0 Å². The van der Waals surface area contributed by atoms with Crippen molar-refractivity contribution in [3.8, 4) is 23.1 Å². The zero-order chi connectivity index (χ0) is 18.4. The number of para-hydroxylation sites is 1. The molecule has 2 aromatic carbocycles. The minimum absolute atomic E-state index is 0.0554. The smallest absolute Gasteiger partial charge is 0.331 e. The Labute approximate surface area is 149 Å². The third kappa shape index (κ3) is 4.07. The average molecular weight is 352 g/mol. The topological polar surface area (TPSA) is 83.7 Å². The van der Waals surface area contributed by atoms with Gasteiger partial charge < -0.3 is 14.2 Å². The molecule has 0 radical (unpaired) electrons. The molecule has 132 valence electrons. The second-order valence-electron chi connectivity index (χ2n) is 5.26. The molecule has 3 aromatic rings. The molecule has 1 heterocycles. The van der Waals surface area contributed by atoms with Crippen molar-refractivity contribution in [3.63, 3.8) is 0 Å². The average Bonchev–Trinajstić information content (AvgIpc) is 2.68. The molecule has 0 aliphatic rings. The van der Waals surface area contributed by atoms with Crippen molar-refractivity contribution in [3.05, 3.63) is 82.5 Å². The summed E-state index contributed by atoms with van der Waals surface area (Å²) >= 11 is 0. The molecule has 0 atom stereocenters. The van der Waals surface area contributed by atoms with Crippen molar-refractivity contribution in [2.45, 2.75) is 6.61 Å². The maximum atomic E-state index is 11.0. The number of aromatic nitrogens is 1. The Morgan fingerprint density at radius 3 is 2.46 bits per heavy atom. The SMILES string of the molecule is COc1ccccc1COc1ccc(Oc2ncccc2[N+](=O)[O-])cc1. The van der Waals surface area contributed by atoms with Gasteiger partial charge in [-0.3, -0.25) is 10.1 Å². The number of hydrogen-bond acceptors (Lipinski definition) is 6. The van der Waals surface area contributed by atoms with Crippen LogP contribution >= 0.6 is 0 Å². The fourth-order valence-corrected chi connectivity index (χ4v) is 2.30. The lowest BCUT2D eigenvalue weighted by Crippen LogP contribution is -1.98. The van der Waals surface area contributed by atoms with Gasteiger partial charge in [0.25, 0.3) is 5.88 Å². The summed E-state index contributed by atoms with van der Waals surface area (Å²) in [7, 11) is 1.61. The normalized spacial score (nSPS) is 10.2. The summed E-state index contributed by atoms with van der Waals surface area (Å²) in [5.41, 5.74) is 0.739. The third-order valence-electron chi connectivity index (χ3n) is 3.57. The fourth-order valence-electron chi connectivity index (χ4n) is 2.30. The minimum atomic E-state index is -0.535. The molecule has 0 N–H and O–H groups in total. The quantitative estimate of drug-likeness (QED) is 0.464. The predicted molar refractivity (Wildman–Crippen MR) is 94.7 cm³/mol. The summed E-state index contributed by atoms with van der Waals surface area (Å²) in [6, 6.07) is 17.2. The first-order chi connectivity index (χ1) is 12.7. The van der Waals surface area contributed by atoms with E-state index in [1.807, 2.05) is 24.3 Å². The highest BCUT2D eigenvalue weighted by molar-refractivity contribution is 5.43. The van der Waals surface area contributed by atoms with Crippen LogP contribution in [0.15, 0.2) is 66.9 Å². The van der Waals surface area contributed by atoms with E-state index in [1.165, 1.54) is 18.3 Å². The summed E-state index contributed by atoms with van der Waals surface area (Å²) < 4.78 is 16.5. The lowest BCUT2D eigenvalue weighted by atomic mass is 10.2. The van der Waals surface area contributed by atoms with Gasteiger partial charge in [0.05, 0.1) is 12.0 Å². The van der Waals surface area contributed by atoms with Crippen LogP contribution in [0.3, 0.4) is 0 Å². The maximum absolute atomic E-state index is 11.0. The van der Waals surface area contributed by atoms with E-state index >= 15 is 0 Å². The van der Waals surface area contributed by atoms with E-state index in [2.05, 4.69) is 4.98 Å². The summed E-state index contributed by atoms with van der Waals surface area (Å²) in [6.45, 7) is 0.357. The van der Waals surface area contributed by atoms with Gasteiger partial charge in [0.15, 0.2) is 0 Å². The Bertz CT molecular complexity index is 896. The first kappa shape index (κ1) is 17.2. The van der Waals surface area contributed by atoms with Crippen LogP contribution in [0.25, 0.3) is 0 Å². The number of pyridine rings is 1. The van der Waals surface area contributed by atoms with E-state index in [9.17, 15) is 10.1 Å². The molecule has 26 heavy (non-hydrogen) atoms. The Kier molecular flexibility index (Phi) is 5.28. The zero-order valence-corrected chi connectivity index (χ0v) is 14.0. The van der Waals surface area contributed by atoms with Gasteiger partial charge >= 0.3 is 5.69 Å². The molecule has 0 saturated heterocycles. The number of nitrogens with zero attached hydrogens (tertiary/aromatic N) is 2. The van der Waals surface area contributed by atoms with Gasteiger partial charge in [0, 0.05) is 17.8 Å². The van der Waals surface area contributed by atoms with Gasteiger partial charge in [0.2, 0.25) is 0 Å². The number of benzene rings is 2. The highest BCUT2D eigenvalue weighted by atomic mass is 16.6. The first-order valence-electron chi connectivity index (χ1n) is 7.79. The fraction of sp³-hybridized carbons (Fsp3) is 0.105. The number of methoxy groups -OCH3 is 1. The van der Waals surface area contributed by atoms with Crippen LogP contribution in [0.5, 0.6) is 23.1 Å². The molecule has 0 saturated carbocycles. The lowest BCUT2D eigenvalue weighted by Gasteiger charge is -2.10. The molecule has 0 aliphatic carbocycles. The van der Waals surface area contributed by atoms with Crippen LogP contribution < -0.4 is 14.2 Å². The van der Waals surface area contributed by atoms with Gasteiger partial charge in [-0.2, -0.15) is 0 Å². The van der Waals surface area contributed by atoms with E-state index in [1.54, 1.807) is 31.4 Å². The maximum Gasteiger partial charge on any atom is 0.331 e. The zero-order valence-electron chi connectivity index (χ0n) is 14.0. The largest absolute Gasteiger partial charge is 0.496 e. The molecule has 0 spiro atoms. The monoisotopic (exact) mass is 352 g/mol. The van der Waals surface area contributed by atoms with Crippen molar-refractivity contribution >= 4 is 5.69 Å². The van der Waals surface area contributed by atoms with E-state index in [0.717, 1.165) is 11.3 Å². The number of nitro groups is 1. The third-order valence-corrected chi connectivity index (χ3v) is 3.57. The summed E-state index contributed by atoms with van der Waals surface area (Å²) in [5.74, 6) is 1.77. The van der Waals surface area contributed by atoms with E-state index < -0.39 is 4.92 Å². The van der Waals surface area contributed by atoms with Crippen LogP contribution in [-0.2, 0) is 6.61 Å². The molecule has 1 aromatic heterocycles. The number of rotatable bonds is 7. The second-order valence-corrected chi connectivity index (χ2v) is 5.26. The highest BCUT2D eigenvalue weighted by Gasteiger charge is 2.16. The van der Waals surface area contributed by atoms with Crippen LogP contribution in [0, 0.1) is 10.1 Å². The van der Waals surface area contributed by atoms with Gasteiger partial charge in [-0.1, -0.05) is 18.2 Å². The van der Waals surface area contributed by atoms with Gasteiger partial charge in [-0.25, -0.2) is 4.98 Å². The van der Waals surface area contributed by atoms with Crippen LogP contribution in [0.4, 0.5) is 5.69 Å². The van der Waals surface area contributed by atoms with Gasteiger partial charge in [-0.05, 0) is 36.4 Å². The Hall–Kier alpha value is -3.61. The van der Waals surface area contributed by atoms with E-state index in [4.69, 9.17) is 14.2 Å². The molecule has 0 aliphatic heterocycles. The molecule has 0 bridgehead atoms. The lowest BCUT2D eigenvalue weighted by molar-refractivity contribution is -0.386. The second kappa shape index (κ2) is 7.98. The molecule has 3 rings (SSSR count). The van der Waals surface area contributed by atoms with Crippen molar-refractivity contribution in [1.82, 2.24) is 4.98 Å². The standard InChI is InChI=1S/C19H16N2O5/c1-24-18-7-3-2-5-14(18)13-25-15-8-10-16(11-9-15)26-19-17(21(22)23)6-4-12-20-19/h2-12H,13H2,1H3. The highest BCUT2D eigenvalue weighted by Crippen LogP contribution is 2.29. The molecule has 0 amide bonds.